The van der Waals surface area contributed by atoms with Crippen LogP contribution in [0.25, 0.3) is 0 Å². The Balaban J connectivity index is 2.06. The predicted octanol–water partition coefficient (Wildman–Crippen LogP) is 1.26. The van der Waals surface area contributed by atoms with Crippen molar-refractivity contribution in [2.45, 2.75) is 51.1 Å². The number of hydrogen-bond donors (Lipinski definition) is 2. The second kappa shape index (κ2) is 3.00. The van der Waals surface area contributed by atoms with Crippen molar-refractivity contribution in [3.8, 4) is 0 Å². The van der Waals surface area contributed by atoms with Gasteiger partial charge in [-0.3, -0.25) is 0 Å². The molecule has 0 aromatic heterocycles. The largest absolute Gasteiger partial charge is 0.328 e. The third kappa shape index (κ3) is 1.38. The van der Waals surface area contributed by atoms with Gasteiger partial charge in [0.1, 0.15) is 0 Å². The molecule has 70 valence electrons. The summed E-state index contributed by atoms with van der Waals surface area (Å²) in [5.74, 6) is 0. The van der Waals surface area contributed by atoms with Crippen LogP contribution >= 0.6 is 0 Å². The zero-order chi connectivity index (χ0) is 8.60. The average molecular weight is 168 g/mol. The number of nitrogens with one attached hydrogen (secondary N) is 1. The van der Waals surface area contributed by atoms with Gasteiger partial charge in [-0.1, -0.05) is 6.92 Å². The maximum atomic E-state index is 5.96. The van der Waals surface area contributed by atoms with E-state index < -0.39 is 0 Å². The van der Waals surface area contributed by atoms with Gasteiger partial charge in [0.2, 0.25) is 0 Å². The van der Waals surface area contributed by atoms with Crippen LogP contribution in [0.1, 0.15) is 39.0 Å². The first-order valence-corrected chi connectivity index (χ1v) is 5.20. The highest BCUT2D eigenvalue weighted by atomic mass is 15.0. The van der Waals surface area contributed by atoms with Crippen molar-refractivity contribution in [3.63, 3.8) is 0 Å². The Morgan fingerprint density at radius 3 is 3.08 bits per heavy atom. The summed E-state index contributed by atoms with van der Waals surface area (Å²) in [6.07, 6.45) is 6.50. The van der Waals surface area contributed by atoms with Gasteiger partial charge in [-0.15, -0.1) is 0 Å². The van der Waals surface area contributed by atoms with E-state index in [4.69, 9.17) is 5.73 Å². The summed E-state index contributed by atoms with van der Waals surface area (Å²) in [5.41, 5.74) is 6.52. The van der Waals surface area contributed by atoms with Crippen molar-refractivity contribution >= 4 is 0 Å². The Labute approximate surface area is 74.9 Å². The topological polar surface area (TPSA) is 38.0 Å². The van der Waals surface area contributed by atoms with Crippen LogP contribution in [0.4, 0.5) is 0 Å². The molecule has 2 rings (SSSR count). The molecule has 0 aromatic rings. The zero-order valence-electron chi connectivity index (χ0n) is 7.97. The van der Waals surface area contributed by atoms with E-state index in [-0.39, 0.29) is 0 Å². The number of hydrogen-bond acceptors (Lipinski definition) is 2. The molecule has 0 bridgehead atoms. The summed E-state index contributed by atoms with van der Waals surface area (Å²) in [7, 11) is 0. The molecule has 2 aliphatic rings. The van der Waals surface area contributed by atoms with Crippen LogP contribution in [0.2, 0.25) is 0 Å². The van der Waals surface area contributed by atoms with Crippen LogP contribution in [0.5, 0.6) is 0 Å². The SMILES string of the molecule is CC12CCCNC1CC(N)CC2. The first kappa shape index (κ1) is 8.52. The third-order valence-electron chi connectivity index (χ3n) is 3.78. The number of fused-ring (bicyclic) bond motifs is 1. The maximum Gasteiger partial charge on any atom is 0.0136 e. The van der Waals surface area contributed by atoms with Crippen molar-refractivity contribution in [2.24, 2.45) is 11.1 Å². The summed E-state index contributed by atoms with van der Waals surface area (Å²) in [6, 6.07) is 1.16. The van der Waals surface area contributed by atoms with Crippen LogP contribution < -0.4 is 11.1 Å². The molecule has 1 aliphatic heterocycles. The van der Waals surface area contributed by atoms with E-state index in [1.54, 1.807) is 0 Å². The minimum absolute atomic E-state index is 0.452. The van der Waals surface area contributed by atoms with Crippen LogP contribution in [0, 0.1) is 5.41 Å². The zero-order valence-corrected chi connectivity index (χ0v) is 7.97. The molecule has 0 radical (unpaired) electrons. The molecule has 1 saturated carbocycles. The molecule has 2 nitrogen and oxygen atoms in total. The second-order valence-electron chi connectivity index (χ2n) is 4.80. The highest BCUT2D eigenvalue weighted by Gasteiger charge is 2.40. The molecule has 1 saturated heterocycles. The molecule has 0 aromatic carbocycles. The number of nitrogens with two attached hydrogens (primary N) is 1. The van der Waals surface area contributed by atoms with E-state index >= 15 is 0 Å². The van der Waals surface area contributed by atoms with Crippen LogP contribution in [-0.4, -0.2) is 18.6 Å². The molecule has 2 heteroatoms. The Kier molecular flexibility index (Phi) is 2.13. The van der Waals surface area contributed by atoms with Crippen molar-refractivity contribution in [1.29, 1.82) is 0 Å². The Morgan fingerprint density at radius 1 is 1.42 bits per heavy atom. The third-order valence-corrected chi connectivity index (χ3v) is 3.78. The average Bonchev–Trinajstić information content (AvgIpc) is 2.06. The van der Waals surface area contributed by atoms with Crippen LogP contribution in [0.15, 0.2) is 0 Å². The quantitative estimate of drug-likeness (QED) is 0.571. The normalized spacial score (nSPS) is 48.5. The lowest BCUT2D eigenvalue weighted by atomic mass is 9.66. The van der Waals surface area contributed by atoms with Crippen molar-refractivity contribution < 1.29 is 0 Å². The monoisotopic (exact) mass is 168 g/mol. The molecular formula is C10H20N2. The molecule has 3 atom stereocenters. The highest BCUT2D eigenvalue weighted by Crippen LogP contribution is 2.41. The molecule has 1 heterocycles. The Hall–Kier alpha value is -0.0800. The lowest BCUT2D eigenvalue weighted by molar-refractivity contribution is 0.0932. The maximum absolute atomic E-state index is 5.96. The van der Waals surface area contributed by atoms with Gasteiger partial charge in [0, 0.05) is 12.1 Å². The van der Waals surface area contributed by atoms with Gasteiger partial charge in [-0.25, -0.2) is 0 Å². The fourth-order valence-electron chi connectivity index (χ4n) is 2.79. The van der Waals surface area contributed by atoms with Gasteiger partial charge in [0.15, 0.2) is 0 Å². The number of rotatable bonds is 0. The van der Waals surface area contributed by atoms with Crippen LogP contribution in [-0.2, 0) is 0 Å². The molecule has 0 amide bonds. The van der Waals surface area contributed by atoms with E-state index in [0.717, 1.165) is 0 Å². The highest BCUT2D eigenvalue weighted by molar-refractivity contribution is 4.97. The lowest BCUT2D eigenvalue weighted by Gasteiger charge is -2.47. The van der Waals surface area contributed by atoms with E-state index in [2.05, 4.69) is 12.2 Å². The minimum Gasteiger partial charge on any atom is -0.328 e. The van der Waals surface area contributed by atoms with Gasteiger partial charge in [-0.2, -0.15) is 0 Å². The summed E-state index contributed by atoms with van der Waals surface area (Å²) in [5, 5.41) is 3.61. The smallest absolute Gasteiger partial charge is 0.0136 e. The second-order valence-corrected chi connectivity index (χ2v) is 4.80. The summed E-state index contributed by atoms with van der Waals surface area (Å²) in [6.45, 7) is 3.63. The standard InChI is InChI=1S/C10H20N2/c1-10-4-2-6-12-9(10)7-8(11)3-5-10/h8-9,12H,2-7,11H2,1H3. The lowest BCUT2D eigenvalue weighted by Crippen LogP contribution is -2.54. The van der Waals surface area contributed by atoms with Gasteiger partial charge in [-0.05, 0) is 44.1 Å². The van der Waals surface area contributed by atoms with Crippen molar-refractivity contribution in [2.75, 3.05) is 6.54 Å². The van der Waals surface area contributed by atoms with Crippen molar-refractivity contribution in [3.05, 3.63) is 0 Å². The fourth-order valence-corrected chi connectivity index (χ4v) is 2.79. The first-order chi connectivity index (χ1) is 5.71. The summed E-state index contributed by atoms with van der Waals surface area (Å²) >= 11 is 0. The molecule has 0 spiro atoms. The van der Waals surface area contributed by atoms with Crippen LogP contribution in [0.3, 0.4) is 0 Å². The number of piperidine rings is 1. The molecule has 3 unspecified atom stereocenters. The van der Waals surface area contributed by atoms with Gasteiger partial charge < -0.3 is 11.1 Å². The van der Waals surface area contributed by atoms with Gasteiger partial charge in [0.05, 0.1) is 0 Å². The Bertz CT molecular complexity index is 169. The fraction of sp³-hybridized carbons (Fsp3) is 1.00. The molecule has 2 fully saturated rings. The summed E-state index contributed by atoms with van der Waals surface area (Å²) < 4.78 is 0. The molecule has 3 N–H and O–H groups in total. The van der Waals surface area contributed by atoms with E-state index in [1.165, 1.54) is 38.6 Å². The van der Waals surface area contributed by atoms with Crippen molar-refractivity contribution in [1.82, 2.24) is 5.32 Å². The molecule has 12 heavy (non-hydrogen) atoms. The predicted molar refractivity (Wildman–Crippen MR) is 51.0 cm³/mol. The van der Waals surface area contributed by atoms with Gasteiger partial charge in [0.25, 0.3) is 0 Å². The molecule has 1 aliphatic carbocycles. The van der Waals surface area contributed by atoms with E-state index in [1.807, 2.05) is 0 Å². The Morgan fingerprint density at radius 2 is 2.25 bits per heavy atom. The summed E-state index contributed by atoms with van der Waals surface area (Å²) in [4.78, 5) is 0. The van der Waals surface area contributed by atoms with Gasteiger partial charge >= 0.3 is 0 Å². The molecular weight excluding hydrogens is 148 g/mol. The minimum atomic E-state index is 0.452. The van der Waals surface area contributed by atoms with E-state index in [9.17, 15) is 0 Å². The first-order valence-electron chi connectivity index (χ1n) is 5.20. The van der Waals surface area contributed by atoms with E-state index in [0.29, 0.717) is 17.5 Å².